The number of amides is 1. The number of carbonyl (C=O) groups is 1. The zero-order chi connectivity index (χ0) is 22.7. The highest BCUT2D eigenvalue weighted by atomic mass is 32.2. The van der Waals surface area contributed by atoms with Gasteiger partial charge in [-0.3, -0.25) is 4.79 Å². The van der Waals surface area contributed by atoms with Crippen LogP contribution in [0.1, 0.15) is 10.4 Å². The minimum Gasteiger partial charge on any atom is -0.457 e. The summed E-state index contributed by atoms with van der Waals surface area (Å²) in [6, 6.07) is 18.8. The first-order chi connectivity index (χ1) is 15.4. The lowest BCUT2D eigenvalue weighted by atomic mass is 10.1. The van der Waals surface area contributed by atoms with Crippen LogP contribution >= 0.6 is 0 Å². The van der Waals surface area contributed by atoms with Crippen molar-refractivity contribution in [3.63, 3.8) is 0 Å². The summed E-state index contributed by atoms with van der Waals surface area (Å²) in [4.78, 5) is 13.5. The monoisotopic (exact) mass is 458 g/mol. The van der Waals surface area contributed by atoms with Crippen LogP contribution in [0.4, 0.5) is 8.78 Å². The molecule has 3 aromatic carbocycles. The van der Waals surface area contributed by atoms with E-state index >= 15 is 0 Å². The van der Waals surface area contributed by atoms with Gasteiger partial charge in [-0.05, 0) is 42.5 Å². The van der Waals surface area contributed by atoms with Crippen molar-refractivity contribution in [2.24, 2.45) is 0 Å². The maximum atomic E-state index is 14.0. The Morgan fingerprint density at radius 3 is 2.03 bits per heavy atom. The lowest BCUT2D eigenvalue weighted by Gasteiger charge is -2.34. The maximum absolute atomic E-state index is 14.0. The SMILES string of the molecule is O=C(c1cccc(Oc2ccccc2)c1)N1CCN(S(=O)(=O)c2c(F)cccc2F)CC1. The first-order valence-electron chi connectivity index (χ1n) is 9.92. The van der Waals surface area contributed by atoms with Crippen molar-refractivity contribution < 1.29 is 26.7 Å². The van der Waals surface area contributed by atoms with Crippen molar-refractivity contribution in [3.8, 4) is 11.5 Å². The molecule has 1 aliphatic heterocycles. The van der Waals surface area contributed by atoms with E-state index in [1.165, 1.54) is 4.90 Å². The van der Waals surface area contributed by atoms with Gasteiger partial charge >= 0.3 is 0 Å². The minimum atomic E-state index is -4.35. The fourth-order valence-corrected chi connectivity index (χ4v) is 5.02. The fourth-order valence-electron chi connectivity index (χ4n) is 3.49. The van der Waals surface area contributed by atoms with Crippen LogP contribution in [0.25, 0.3) is 0 Å². The van der Waals surface area contributed by atoms with E-state index in [9.17, 15) is 22.0 Å². The molecule has 0 aliphatic carbocycles. The Balaban J connectivity index is 1.44. The maximum Gasteiger partial charge on any atom is 0.254 e. The molecule has 0 unspecified atom stereocenters. The quantitative estimate of drug-likeness (QED) is 0.582. The molecule has 4 rings (SSSR count). The Labute approximate surface area is 184 Å². The van der Waals surface area contributed by atoms with Crippen molar-refractivity contribution in [2.45, 2.75) is 4.90 Å². The molecule has 0 atom stereocenters. The van der Waals surface area contributed by atoms with Gasteiger partial charge in [-0.15, -0.1) is 0 Å². The summed E-state index contributed by atoms with van der Waals surface area (Å²) in [6.45, 7) is 0.0555. The number of para-hydroxylation sites is 1. The van der Waals surface area contributed by atoms with Crippen molar-refractivity contribution in [1.29, 1.82) is 0 Å². The van der Waals surface area contributed by atoms with E-state index < -0.39 is 26.6 Å². The van der Waals surface area contributed by atoms with E-state index in [4.69, 9.17) is 4.74 Å². The molecule has 166 valence electrons. The summed E-state index contributed by atoms with van der Waals surface area (Å²) in [5.74, 6) is -1.43. The van der Waals surface area contributed by atoms with Crippen molar-refractivity contribution in [1.82, 2.24) is 9.21 Å². The molecule has 1 amide bonds. The van der Waals surface area contributed by atoms with Gasteiger partial charge in [0, 0.05) is 31.7 Å². The molecule has 3 aromatic rings. The molecule has 9 heteroatoms. The summed E-state index contributed by atoms with van der Waals surface area (Å²) in [6.07, 6.45) is 0. The van der Waals surface area contributed by atoms with Gasteiger partial charge in [0.05, 0.1) is 0 Å². The highest BCUT2D eigenvalue weighted by Gasteiger charge is 2.34. The van der Waals surface area contributed by atoms with Crippen molar-refractivity contribution >= 4 is 15.9 Å². The van der Waals surface area contributed by atoms with E-state index in [2.05, 4.69) is 0 Å². The van der Waals surface area contributed by atoms with Gasteiger partial charge < -0.3 is 9.64 Å². The van der Waals surface area contributed by atoms with Crippen LogP contribution in [-0.2, 0) is 10.0 Å². The van der Waals surface area contributed by atoms with Crippen LogP contribution in [0.15, 0.2) is 77.7 Å². The van der Waals surface area contributed by atoms with Crippen LogP contribution in [-0.4, -0.2) is 49.7 Å². The largest absolute Gasteiger partial charge is 0.457 e. The minimum absolute atomic E-state index is 0.0674. The van der Waals surface area contributed by atoms with Crippen molar-refractivity contribution in [3.05, 3.63) is 90.0 Å². The molecule has 0 spiro atoms. The summed E-state index contributed by atoms with van der Waals surface area (Å²) >= 11 is 0. The molecule has 1 saturated heterocycles. The third kappa shape index (κ3) is 4.49. The molecule has 0 saturated carbocycles. The summed E-state index contributed by atoms with van der Waals surface area (Å²) in [7, 11) is -4.35. The predicted molar refractivity (Wildman–Crippen MR) is 114 cm³/mol. The average Bonchev–Trinajstić information content (AvgIpc) is 2.79. The van der Waals surface area contributed by atoms with Gasteiger partial charge in [-0.1, -0.05) is 30.3 Å². The lowest BCUT2D eigenvalue weighted by molar-refractivity contribution is 0.0697. The van der Waals surface area contributed by atoms with E-state index in [0.717, 1.165) is 22.5 Å². The van der Waals surface area contributed by atoms with Gasteiger partial charge in [0.1, 0.15) is 23.1 Å². The smallest absolute Gasteiger partial charge is 0.254 e. The third-order valence-electron chi connectivity index (χ3n) is 5.10. The van der Waals surface area contributed by atoms with Gasteiger partial charge in [-0.2, -0.15) is 4.31 Å². The number of benzene rings is 3. The number of sulfonamides is 1. The number of hydrogen-bond donors (Lipinski definition) is 0. The number of hydrogen-bond acceptors (Lipinski definition) is 4. The van der Waals surface area contributed by atoms with E-state index in [-0.39, 0.29) is 32.1 Å². The molecule has 1 fully saturated rings. The summed E-state index contributed by atoms with van der Waals surface area (Å²) in [5.41, 5.74) is 0.398. The Kier molecular flexibility index (Phi) is 6.20. The Bertz CT molecular complexity index is 1210. The normalized spacial score (nSPS) is 14.9. The Morgan fingerprint density at radius 2 is 1.38 bits per heavy atom. The van der Waals surface area contributed by atoms with Gasteiger partial charge in [0.2, 0.25) is 10.0 Å². The molecule has 1 heterocycles. The molecule has 6 nitrogen and oxygen atoms in total. The van der Waals surface area contributed by atoms with Crippen molar-refractivity contribution in [2.75, 3.05) is 26.2 Å². The molecule has 32 heavy (non-hydrogen) atoms. The second-order valence-electron chi connectivity index (χ2n) is 7.19. The zero-order valence-electron chi connectivity index (χ0n) is 16.9. The molecular formula is C23H20F2N2O4S. The number of carbonyl (C=O) groups excluding carboxylic acids is 1. The highest BCUT2D eigenvalue weighted by molar-refractivity contribution is 7.89. The van der Waals surface area contributed by atoms with Crippen LogP contribution in [0.5, 0.6) is 11.5 Å². The standard InChI is InChI=1S/C23H20F2N2O4S/c24-20-10-5-11-21(25)22(20)32(29,30)27-14-12-26(13-15-27)23(28)17-6-4-9-19(16-17)31-18-7-2-1-3-8-18/h1-11,16H,12-15H2. The van der Waals surface area contributed by atoms with Crippen LogP contribution in [0.3, 0.4) is 0 Å². The Hall–Kier alpha value is -3.30. The summed E-state index contributed by atoms with van der Waals surface area (Å²) in [5, 5.41) is 0. The van der Waals surface area contributed by atoms with Crippen LogP contribution < -0.4 is 4.74 Å². The molecule has 0 aromatic heterocycles. The van der Waals surface area contributed by atoms with Gasteiger partial charge in [0.15, 0.2) is 4.90 Å². The van der Waals surface area contributed by atoms with Gasteiger partial charge in [-0.25, -0.2) is 17.2 Å². The zero-order valence-corrected chi connectivity index (χ0v) is 17.8. The third-order valence-corrected chi connectivity index (χ3v) is 7.05. The number of nitrogens with zero attached hydrogens (tertiary/aromatic N) is 2. The molecule has 1 aliphatic rings. The van der Waals surface area contributed by atoms with Crippen LogP contribution in [0, 0.1) is 11.6 Å². The number of halogens is 2. The summed E-state index contributed by atoms with van der Waals surface area (Å²) < 4.78 is 60.2. The first kappa shape index (κ1) is 21.9. The predicted octanol–water partition coefficient (Wildman–Crippen LogP) is 3.90. The van der Waals surface area contributed by atoms with Crippen LogP contribution in [0.2, 0.25) is 0 Å². The number of rotatable bonds is 5. The topological polar surface area (TPSA) is 66.9 Å². The second kappa shape index (κ2) is 9.05. The fraction of sp³-hybridized carbons (Fsp3) is 0.174. The number of ether oxygens (including phenoxy) is 1. The molecular weight excluding hydrogens is 438 g/mol. The molecule has 0 radical (unpaired) electrons. The van der Waals surface area contributed by atoms with E-state index in [0.29, 0.717) is 17.1 Å². The Morgan fingerprint density at radius 1 is 0.781 bits per heavy atom. The van der Waals surface area contributed by atoms with E-state index in [1.807, 2.05) is 18.2 Å². The second-order valence-corrected chi connectivity index (χ2v) is 9.06. The lowest BCUT2D eigenvalue weighted by Crippen LogP contribution is -2.50. The average molecular weight is 458 g/mol. The first-order valence-corrected chi connectivity index (χ1v) is 11.4. The number of piperazine rings is 1. The molecule has 0 N–H and O–H groups in total. The molecule has 0 bridgehead atoms. The highest BCUT2D eigenvalue weighted by Crippen LogP contribution is 2.25. The van der Waals surface area contributed by atoms with E-state index in [1.54, 1.807) is 36.4 Å². The van der Waals surface area contributed by atoms with Gasteiger partial charge in [0.25, 0.3) is 5.91 Å².